The maximum atomic E-state index is 14.1. The number of carbonyl (C=O) groups excluding carboxylic acids is 2. The zero-order chi connectivity index (χ0) is 30.7. The van der Waals surface area contributed by atoms with E-state index in [4.69, 9.17) is 19.2 Å². The summed E-state index contributed by atoms with van der Waals surface area (Å²) in [5.74, 6) is -1.02. The van der Waals surface area contributed by atoms with Gasteiger partial charge in [-0.15, -0.1) is 0 Å². The first-order valence-electron chi connectivity index (χ1n) is 13.4. The van der Waals surface area contributed by atoms with Gasteiger partial charge in [0.1, 0.15) is 5.82 Å². The van der Waals surface area contributed by atoms with Crippen LogP contribution in [-0.4, -0.2) is 29.7 Å². The molecule has 2 heterocycles. The highest BCUT2D eigenvalue weighted by Gasteiger charge is 2.35. The lowest BCUT2D eigenvalue weighted by atomic mass is 9.93. The van der Waals surface area contributed by atoms with Gasteiger partial charge in [0, 0.05) is 12.5 Å². The number of hydrogen-bond donors (Lipinski definition) is 0. The van der Waals surface area contributed by atoms with Gasteiger partial charge in [-0.25, -0.2) is 14.2 Å². The fourth-order valence-corrected chi connectivity index (χ4v) is 6.27. The maximum Gasteiger partial charge on any atom is 0.338 e. The zero-order valence-electron chi connectivity index (χ0n) is 23.4. The number of ether oxygens (including phenoxy) is 3. The van der Waals surface area contributed by atoms with Crippen molar-refractivity contribution >= 4 is 51.0 Å². The summed E-state index contributed by atoms with van der Waals surface area (Å²) in [7, 11) is 0. The monoisotopic (exact) mass is 664 g/mol. The third kappa shape index (κ3) is 6.23. The van der Waals surface area contributed by atoms with E-state index >= 15 is 0 Å². The van der Waals surface area contributed by atoms with Gasteiger partial charge >= 0.3 is 11.9 Å². The summed E-state index contributed by atoms with van der Waals surface area (Å²) in [5.41, 5.74) is 1.93. The standard InChI is InChI=1S/C32H26BrFN2O6S/c1-4-40-24-16-19(15-23(33)29(24)42-18(3)37)17-25-30(38)36-28(21-11-13-22(34)14-12-21)26(31(39)41-5-2)27(35-32(36)43-25)20-9-7-6-8-10-20/h6-17,28H,4-5H2,1-3H3/b25-17-/t28-/m0/s1. The van der Waals surface area contributed by atoms with Crippen LogP contribution in [0.4, 0.5) is 4.39 Å². The molecular formula is C32H26BrFN2O6S. The van der Waals surface area contributed by atoms with Gasteiger partial charge in [-0.2, -0.15) is 0 Å². The maximum absolute atomic E-state index is 14.1. The van der Waals surface area contributed by atoms with Crippen LogP contribution in [0.5, 0.6) is 11.5 Å². The van der Waals surface area contributed by atoms with Crippen molar-refractivity contribution in [2.45, 2.75) is 26.8 Å². The third-order valence-electron chi connectivity index (χ3n) is 6.43. The summed E-state index contributed by atoms with van der Waals surface area (Å²) in [4.78, 5) is 44.4. The Morgan fingerprint density at radius 2 is 1.79 bits per heavy atom. The van der Waals surface area contributed by atoms with E-state index in [1.807, 2.05) is 30.3 Å². The number of carbonyl (C=O) groups is 2. The fourth-order valence-electron chi connectivity index (χ4n) is 4.73. The Morgan fingerprint density at radius 1 is 1.07 bits per heavy atom. The van der Waals surface area contributed by atoms with Crippen LogP contribution in [0.3, 0.4) is 0 Å². The minimum Gasteiger partial charge on any atom is -0.490 e. The van der Waals surface area contributed by atoms with Crippen molar-refractivity contribution in [2.24, 2.45) is 4.99 Å². The summed E-state index contributed by atoms with van der Waals surface area (Å²) < 4.78 is 32.7. The van der Waals surface area contributed by atoms with E-state index in [0.717, 1.165) is 11.3 Å². The molecule has 0 bridgehead atoms. The molecular weight excluding hydrogens is 639 g/mol. The van der Waals surface area contributed by atoms with Gasteiger partial charge in [-0.05, 0) is 71.2 Å². The Hall–Kier alpha value is -4.35. The molecule has 1 aromatic heterocycles. The normalized spacial score (nSPS) is 14.6. The van der Waals surface area contributed by atoms with Crippen LogP contribution in [-0.2, 0) is 14.3 Å². The number of halogens is 2. The number of esters is 2. The van der Waals surface area contributed by atoms with E-state index in [2.05, 4.69) is 15.9 Å². The van der Waals surface area contributed by atoms with Gasteiger partial charge in [-0.1, -0.05) is 53.8 Å². The molecule has 0 saturated carbocycles. The second kappa shape index (κ2) is 12.9. The molecule has 1 aliphatic rings. The van der Waals surface area contributed by atoms with E-state index in [1.54, 1.807) is 44.2 Å². The average Bonchev–Trinajstić information content (AvgIpc) is 3.29. The molecule has 3 aromatic carbocycles. The number of benzene rings is 3. The second-order valence-corrected chi connectivity index (χ2v) is 11.2. The van der Waals surface area contributed by atoms with Crippen LogP contribution in [0.2, 0.25) is 0 Å². The molecule has 0 spiro atoms. The largest absolute Gasteiger partial charge is 0.490 e. The van der Waals surface area contributed by atoms with E-state index in [0.29, 0.717) is 48.6 Å². The number of rotatable bonds is 8. The van der Waals surface area contributed by atoms with Crippen molar-refractivity contribution in [3.8, 4) is 11.5 Å². The van der Waals surface area contributed by atoms with Crippen molar-refractivity contribution in [2.75, 3.05) is 13.2 Å². The zero-order valence-corrected chi connectivity index (χ0v) is 25.8. The molecule has 4 aromatic rings. The van der Waals surface area contributed by atoms with Crippen LogP contribution in [0.25, 0.3) is 11.8 Å². The Kier molecular flexibility index (Phi) is 9.02. The van der Waals surface area contributed by atoms with Gasteiger partial charge in [0.25, 0.3) is 5.56 Å². The van der Waals surface area contributed by atoms with Crippen LogP contribution in [0.1, 0.15) is 43.5 Å². The molecule has 0 N–H and O–H groups in total. The first kappa shape index (κ1) is 30.1. The molecule has 220 valence electrons. The van der Waals surface area contributed by atoms with Gasteiger partial charge in [0.2, 0.25) is 0 Å². The minimum absolute atomic E-state index is 0.116. The Balaban J connectivity index is 1.77. The van der Waals surface area contributed by atoms with Gasteiger partial charge in [0.05, 0.1) is 39.5 Å². The minimum atomic E-state index is -0.926. The van der Waals surface area contributed by atoms with E-state index in [-0.39, 0.29) is 17.9 Å². The Morgan fingerprint density at radius 3 is 2.44 bits per heavy atom. The average molecular weight is 666 g/mol. The lowest BCUT2D eigenvalue weighted by molar-refractivity contribution is -0.139. The summed E-state index contributed by atoms with van der Waals surface area (Å²) in [6, 6.07) is 17.3. The second-order valence-electron chi connectivity index (χ2n) is 9.34. The quantitative estimate of drug-likeness (QED) is 0.191. The fraction of sp³-hybridized carbons (Fsp3) is 0.188. The molecule has 1 atom stereocenters. The van der Waals surface area contributed by atoms with Gasteiger partial charge in [-0.3, -0.25) is 14.2 Å². The Labute approximate surface area is 258 Å². The smallest absolute Gasteiger partial charge is 0.338 e. The predicted molar refractivity (Wildman–Crippen MR) is 164 cm³/mol. The van der Waals surface area contributed by atoms with Crippen LogP contribution >= 0.6 is 27.3 Å². The number of aromatic nitrogens is 1. The van der Waals surface area contributed by atoms with Crippen molar-refractivity contribution in [1.29, 1.82) is 0 Å². The molecule has 0 radical (unpaired) electrons. The topological polar surface area (TPSA) is 96.2 Å². The highest BCUT2D eigenvalue weighted by atomic mass is 79.9. The lowest BCUT2D eigenvalue weighted by Crippen LogP contribution is -2.40. The van der Waals surface area contributed by atoms with Crippen molar-refractivity contribution in [1.82, 2.24) is 4.57 Å². The number of nitrogens with zero attached hydrogens (tertiary/aromatic N) is 2. The molecule has 43 heavy (non-hydrogen) atoms. The Bertz CT molecular complexity index is 1920. The van der Waals surface area contributed by atoms with E-state index < -0.39 is 29.4 Å². The van der Waals surface area contributed by atoms with Gasteiger partial charge < -0.3 is 14.2 Å². The number of fused-ring (bicyclic) bond motifs is 1. The lowest BCUT2D eigenvalue weighted by Gasteiger charge is -2.25. The van der Waals surface area contributed by atoms with E-state index in [9.17, 15) is 18.8 Å². The molecule has 11 heteroatoms. The number of thiazole rings is 1. The molecule has 1 aliphatic heterocycles. The molecule has 0 amide bonds. The van der Waals surface area contributed by atoms with Crippen molar-refractivity contribution < 1.29 is 28.2 Å². The highest BCUT2D eigenvalue weighted by molar-refractivity contribution is 9.10. The van der Waals surface area contributed by atoms with Crippen LogP contribution in [0.15, 0.2) is 86.6 Å². The van der Waals surface area contributed by atoms with Crippen molar-refractivity contribution in [3.05, 3.63) is 119 Å². The molecule has 0 aliphatic carbocycles. The molecule has 0 fully saturated rings. The first-order valence-corrected chi connectivity index (χ1v) is 15.0. The summed E-state index contributed by atoms with van der Waals surface area (Å²) in [5, 5.41) is 0. The third-order valence-corrected chi connectivity index (χ3v) is 8.01. The van der Waals surface area contributed by atoms with Crippen LogP contribution < -0.4 is 24.4 Å². The SMILES string of the molecule is CCOC(=O)C1=C(c2ccccc2)N=c2s/c(=C\c3cc(Br)c(OC(C)=O)c(OCC)c3)c(=O)n2[C@H]1c1ccc(F)cc1. The highest BCUT2D eigenvalue weighted by Crippen LogP contribution is 2.38. The number of hydrogen-bond acceptors (Lipinski definition) is 8. The molecule has 0 saturated heterocycles. The predicted octanol–water partition coefficient (Wildman–Crippen LogP) is 5.16. The molecule has 5 rings (SSSR count). The van der Waals surface area contributed by atoms with Crippen LogP contribution in [0, 0.1) is 5.82 Å². The summed E-state index contributed by atoms with van der Waals surface area (Å²) in [6.07, 6.45) is 1.67. The summed E-state index contributed by atoms with van der Waals surface area (Å²) in [6.45, 7) is 5.23. The molecule has 0 unspecified atom stereocenters. The molecule has 8 nitrogen and oxygen atoms in total. The van der Waals surface area contributed by atoms with Gasteiger partial charge in [0.15, 0.2) is 16.3 Å². The first-order chi connectivity index (χ1) is 20.7. The summed E-state index contributed by atoms with van der Waals surface area (Å²) >= 11 is 4.59. The van der Waals surface area contributed by atoms with Crippen molar-refractivity contribution in [3.63, 3.8) is 0 Å². The van der Waals surface area contributed by atoms with E-state index in [1.165, 1.54) is 23.6 Å².